The van der Waals surface area contributed by atoms with Crippen LogP contribution in [0.15, 0.2) is 0 Å². The van der Waals surface area contributed by atoms with Gasteiger partial charge in [-0.2, -0.15) is 0 Å². The van der Waals surface area contributed by atoms with Crippen molar-refractivity contribution in [2.45, 2.75) is 0 Å². The third-order valence-electron chi connectivity index (χ3n) is 2.00. The topological polar surface area (TPSA) is 61.4 Å². The minimum absolute atomic E-state index is 0.0109. The van der Waals surface area contributed by atoms with Gasteiger partial charge in [0, 0.05) is 26.2 Å². The van der Waals surface area contributed by atoms with Crippen LogP contribution in [0.4, 0.5) is 0 Å². The monoisotopic (exact) mass is 195 g/mol. The standard InChI is InChI=1S/C9H13N3O2/c1-2-8(13)11-7-9(14)12-5-3-10-4-6-12/h1,10H,3-7H2,(H,11,13). The van der Waals surface area contributed by atoms with Gasteiger partial charge in [0.25, 0.3) is 5.91 Å². The minimum Gasteiger partial charge on any atom is -0.339 e. The molecule has 0 spiro atoms. The summed E-state index contributed by atoms with van der Waals surface area (Å²) in [5, 5.41) is 5.47. The molecule has 0 aromatic heterocycles. The van der Waals surface area contributed by atoms with Gasteiger partial charge in [-0.1, -0.05) is 0 Å². The Morgan fingerprint density at radius 3 is 2.64 bits per heavy atom. The predicted molar refractivity (Wildman–Crippen MR) is 51.3 cm³/mol. The molecule has 2 amide bonds. The van der Waals surface area contributed by atoms with Crippen LogP contribution in [0.25, 0.3) is 0 Å². The predicted octanol–water partition coefficient (Wildman–Crippen LogP) is -1.83. The highest BCUT2D eigenvalue weighted by Crippen LogP contribution is 1.91. The van der Waals surface area contributed by atoms with Crippen LogP contribution in [-0.4, -0.2) is 49.4 Å². The molecule has 0 aromatic carbocycles. The maximum atomic E-state index is 11.4. The van der Waals surface area contributed by atoms with Crippen LogP contribution in [0.2, 0.25) is 0 Å². The average molecular weight is 195 g/mol. The summed E-state index contributed by atoms with van der Waals surface area (Å²) in [6.07, 6.45) is 4.84. The minimum atomic E-state index is -0.548. The van der Waals surface area contributed by atoms with E-state index in [0.29, 0.717) is 13.1 Å². The van der Waals surface area contributed by atoms with Crippen LogP contribution in [0, 0.1) is 12.3 Å². The molecule has 0 bridgehead atoms. The number of terminal acetylenes is 1. The first kappa shape index (κ1) is 10.5. The van der Waals surface area contributed by atoms with Crippen molar-refractivity contribution in [2.75, 3.05) is 32.7 Å². The van der Waals surface area contributed by atoms with Crippen molar-refractivity contribution < 1.29 is 9.59 Å². The lowest BCUT2D eigenvalue weighted by Crippen LogP contribution is -2.49. The van der Waals surface area contributed by atoms with Gasteiger partial charge in [0.15, 0.2) is 0 Å². The normalized spacial score (nSPS) is 15.8. The number of hydrogen-bond donors (Lipinski definition) is 2. The zero-order valence-corrected chi connectivity index (χ0v) is 7.88. The number of amides is 2. The van der Waals surface area contributed by atoms with E-state index in [4.69, 9.17) is 6.42 Å². The summed E-state index contributed by atoms with van der Waals surface area (Å²) in [6, 6.07) is 0. The Hall–Kier alpha value is -1.54. The van der Waals surface area contributed by atoms with Crippen LogP contribution in [-0.2, 0) is 9.59 Å². The third kappa shape index (κ3) is 3.07. The Morgan fingerprint density at radius 2 is 2.07 bits per heavy atom. The SMILES string of the molecule is C#CC(=O)NCC(=O)N1CCNCC1. The molecule has 0 radical (unpaired) electrons. The summed E-state index contributed by atoms with van der Waals surface area (Å²) in [6.45, 7) is 2.96. The van der Waals surface area contributed by atoms with Crippen LogP contribution >= 0.6 is 0 Å². The van der Waals surface area contributed by atoms with Gasteiger partial charge in [0.2, 0.25) is 5.91 Å². The molecular formula is C9H13N3O2. The van der Waals surface area contributed by atoms with E-state index >= 15 is 0 Å². The Labute approximate surface area is 82.8 Å². The fraction of sp³-hybridized carbons (Fsp3) is 0.556. The molecule has 14 heavy (non-hydrogen) atoms. The molecule has 76 valence electrons. The maximum absolute atomic E-state index is 11.4. The van der Waals surface area contributed by atoms with Crippen LogP contribution in [0.5, 0.6) is 0 Å². The molecule has 1 saturated heterocycles. The maximum Gasteiger partial charge on any atom is 0.296 e. The Bertz CT molecular complexity index is 264. The van der Waals surface area contributed by atoms with E-state index < -0.39 is 5.91 Å². The summed E-state index contributed by atoms with van der Waals surface area (Å²) >= 11 is 0. The van der Waals surface area contributed by atoms with Crippen molar-refractivity contribution in [3.05, 3.63) is 0 Å². The van der Waals surface area contributed by atoms with Crippen molar-refractivity contribution in [3.63, 3.8) is 0 Å². The number of piperazine rings is 1. The molecule has 5 heteroatoms. The molecule has 1 rings (SSSR count). The van der Waals surface area contributed by atoms with Gasteiger partial charge < -0.3 is 15.5 Å². The van der Waals surface area contributed by atoms with Gasteiger partial charge >= 0.3 is 0 Å². The Balaban J connectivity index is 2.27. The Kier molecular flexibility index (Phi) is 3.95. The van der Waals surface area contributed by atoms with E-state index in [1.54, 1.807) is 4.90 Å². The smallest absolute Gasteiger partial charge is 0.296 e. The number of hydrogen-bond acceptors (Lipinski definition) is 3. The van der Waals surface area contributed by atoms with Gasteiger partial charge in [-0.15, -0.1) is 6.42 Å². The number of carbonyl (C=O) groups is 2. The van der Waals surface area contributed by atoms with Crippen LogP contribution in [0.3, 0.4) is 0 Å². The van der Waals surface area contributed by atoms with Crippen LogP contribution < -0.4 is 10.6 Å². The fourth-order valence-corrected chi connectivity index (χ4v) is 1.23. The molecule has 1 aliphatic rings. The molecule has 1 fully saturated rings. The summed E-state index contributed by atoms with van der Waals surface area (Å²) in [4.78, 5) is 23.8. The summed E-state index contributed by atoms with van der Waals surface area (Å²) in [7, 11) is 0. The van der Waals surface area contributed by atoms with E-state index in [-0.39, 0.29) is 12.5 Å². The molecule has 1 aliphatic heterocycles. The lowest BCUT2D eigenvalue weighted by Gasteiger charge is -2.27. The van der Waals surface area contributed by atoms with Crippen LogP contribution in [0.1, 0.15) is 0 Å². The van der Waals surface area contributed by atoms with E-state index in [2.05, 4.69) is 10.6 Å². The lowest BCUT2D eigenvalue weighted by atomic mass is 10.3. The van der Waals surface area contributed by atoms with Crippen molar-refractivity contribution >= 4 is 11.8 Å². The van der Waals surface area contributed by atoms with Crippen molar-refractivity contribution in [3.8, 4) is 12.3 Å². The summed E-state index contributed by atoms with van der Waals surface area (Å²) < 4.78 is 0. The summed E-state index contributed by atoms with van der Waals surface area (Å²) in [5.74, 6) is 1.25. The molecular weight excluding hydrogens is 182 g/mol. The van der Waals surface area contributed by atoms with Gasteiger partial charge in [0.05, 0.1) is 6.54 Å². The first-order chi connectivity index (χ1) is 6.74. The zero-order valence-electron chi connectivity index (χ0n) is 7.88. The third-order valence-corrected chi connectivity index (χ3v) is 2.00. The van der Waals surface area contributed by atoms with Crippen molar-refractivity contribution in [2.24, 2.45) is 0 Å². The zero-order chi connectivity index (χ0) is 10.4. The molecule has 0 saturated carbocycles. The number of nitrogens with one attached hydrogen (secondary N) is 2. The molecule has 1 heterocycles. The molecule has 0 atom stereocenters. The second kappa shape index (κ2) is 5.25. The van der Waals surface area contributed by atoms with Crippen molar-refractivity contribution in [1.82, 2.24) is 15.5 Å². The van der Waals surface area contributed by atoms with E-state index in [1.165, 1.54) is 0 Å². The van der Waals surface area contributed by atoms with Gasteiger partial charge in [-0.25, -0.2) is 0 Å². The Morgan fingerprint density at radius 1 is 1.43 bits per heavy atom. The van der Waals surface area contributed by atoms with E-state index in [0.717, 1.165) is 13.1 Å². The van der Waals surface area contributed by atoms with Gasteiger partial charge in [0.1, 0.15) is 0 Å². The second-order valence-electron chi connectivity index (χ2n) is 2.96. The average Bonchev–Trinajstić information content (AvgIpc) is 2.26. The number of nitrogens with zero attached hydrogens (tertiary/aromatic N) is 1. The highest BCUT2D eigenvalue weighted by Gasteiger charge is 2.15. The number of rotatable bonds is 2. The van der Waals surface area contributed by atoms with Crippen molar-refractivity contribution in [1.29, 1.82) is 0 Å². The molecule has 0 aliphatic carbocycles. The highest BCUT2D eigenvalue weighted by atomic mass is 16.2. The lowest BCUT2D eigenvalue weighted by molar-refractivity contribution is -0.132. The van der Waals surface area contributed by atoms with Gasteiger partial charge in [-0.3, -0.25) is 9.59 Å². The quantitative estimate of drug-likeness (QED) is 0.509. The van der Waals surface area contributed by atoms with Gasteiger partial charge in [-0.05, 0) is 5.92 Å². The number of carbonyl (C=O) groups excluding carboxylic acids is 2. The molecule has 2 N–H and O–H groups in total. The van der Waals surface area contributed by atoms with E-state index in [9.17, 15) is 9.59 Å². The highest BCUT2D eigenvalue weighted by molar-refractivity contribution is 5.95. The van der Waals surface area contributed by atoms with E-state index in [1.807, 2.05) is 5.92 Å². The first-order valence-electron chi connectivity index (χ1n) is 4.47. The fourth-order valence-electron chi connectivity index (χ4n) is 1.23. The largest absolute Gasteiger partial charge is 0.339 e. The molecule has 0 aromatic rings. The first-order valence-corrected chi connectivity index (χ1v) is 4.47. The second-order valence-corrected chi connectivity index (χ2v) is 2.96. The molecule has 0 unspecified atom stereocenters. The summed E-state index contributed by atoms with van der Waals surface area (Å²) in [5.41, 5.74) is 0. The molecule has 5 nitrogen and oxygen atoms in total.